The van der Waals surface area contributed by atoms with Crippen molar-refractivity contribution in [2.45, 2.75) is 0 Å². The number of hydrogen-bond donors (Lipinski definition) is 1. The molecule has 0 aliphatic rings. The molecule has 0 aliphatic carbocycles. The fourth-order valence-electron chi connectivity index (χ4n) is 2.81. The Morgan fingerprint density at radius 3 is 1.87 bits per heavy atom. The lowest BCUT2D eigenvalue weighted by Gasteiger charge is -2.09. The molecule has 0 bridgehead atoms. The molecule has 0 amide bonds. The zero-order valence-electron chi connectivity index (χ0n) is 15.8. The van der Waals surface area contributed by atoms with Crippen LogP contribution in [0.3, 0.4) is 0 Å². The average molecular weight is 402 g/mol. The molecule has 4 rings (SSSR count). The van der Waals surface area contributed by atoms with E-state index in [1.54, 1.807) is 12.1 Å². The Morgan fingerprint density at radius 2 is 1.33 bits per heavy atom. The van der Waals surface area contributed by atoms with E-state index in [2.05, 4.69) is 32.9 Å². The topological polar surface area (TPSA) is 68.1 Å². The van der Waals surface area contributed by atoms with Gasteiger partial charge in [0.1, 0.15) is 17.6 Å². The fourth-order valence-corrected chi connectivity index (χ4v) is 2.81. The number of terminal acetylenes is 1. The molecule has 0 saturated carbocycles. The van der Waals surface area contributed by atoms with Gasteiger partial charge in [0.25, 0.3) is 0 Å². The molecule has 1 heterocycles. The van der Waals surface area contributed by atoms with Crippen LogP contribution in [0.4, 0.5) is 0 Å². The van der Waals surface area contributed by atoms with Crippen LogP contribution in [0.15, 0.2) is 78.9 Å². The summed E-state index contributed by atoms with van der Waals surface area (Å²) in [4.78, 5) is 13.8. The molecule has 0 saturated heterocycles. The standard InChI is InChI=1S/C25H15N3O2.6H2/c1-2-3-16-30-20-14-15-21(22(29)17-20)25-27-23(18-10-6-4-7-11-18)26-24(28-25)19-12-8-5-9-13-19;;;;;;/h1,4-15,17,29H;6*1H. The second kappa shape index (κ2) is 8.60. The van der Waals surface area contributed by atoms with Crippen LogP contribution in [-0.2, 0) is 0 Å². The van der Waals surface area contributed by atoms with Crippen LogP contribution in [0, 0.1) is 24.4 Å². The number of nitrogens with zero attached hydrogens (tertiary/aromatic N) is 3. The van der Waals surface area contributed by atoms with Crippen LogP contribution in [0.2, 0.25) is 0 Å². The number of benzene rings is 3. The van der Waals surface area contributed by atoms with Gasteiger partial charge < -0.3 is 9.84 Å². The molecule has 3 aromatic carbocycles. The summed E-state index contributed by atoms with van der Waals surface area (Å²) in [6.45, 7) is 0. The van der Waals surface area contributed by atoms with Crippen LogP contribution in [0.25, 0.3) is 34.2 Å². The van der Waals surface area contributed by atoms with E-state index >= 15 is 0 Å². The minimum Gasteiger partial charge on any atom is -0.507 e. The number of phenols is 1. The minimum atomic E-state index is -0.0424. The lowest BCUT2D eigenvalue weighted by molar-refractivity contribution is 0.466. The molecule has 1 aromatic heterocycles. The zero-order chi connectivity index (χ0) is 20.8. The van der Waals surface area contributed by atoms with E-state index in [9.17, 15) is 5.11 Å². The summed E-state index contributed by atoms with van der Waals surface area (Å²) in [5, 5.41) is 10.6. The van der Waals surface area contributed by atoms with Gasteiger partial charge in [0.05, 0.1) is 5.56 Å². The molecule has 4 aromatic rings. The van der Waals surface area contributed by atoms with Crippen LogP contribution < -0.4 is 4.74 Å². The lowest BCUT2D eigenvalue weighted by Crippen LogP contribution is -2.00. The van der Waals surface area contributed by atoms with Crippen LogP contribution in [0.1, 0.15) is 8.56 Å². The highest BCUT2D eigenvalue weighted by molar-refractivity contribution is 5.70. The van der Waals surface area contributed by atoms with Crippen molar-refractivity contribution in [1.82, 2.24) is 15.0 Å². The summed E-state index contributed by atoms with van der Waals surface area (Å²) in [5.74, 6) is 6.21. The van der Waals surface area contributed by atoms with Crippen molar-refractivity contribution >= 4 is 0 Å². The Bertz CT molecular complexity index is 1250. The molecule has 30 heavy (non-hydrogen) atoms. The summed E-state index contributed by atoms with van der Waals surface area (Å²) in [6.07, 6.45) is 7.43. The molecule has 1 N–H and O–H groups in total. The first-order chi connectivity index (χ1) is 14.7. The van der Waals surface area contributed by atoms with Gasteiger partial charge in [-0.2, -0.15) is 0 Å². The second-order valence-corrected chi connectivity index (χ2v) is 6.19. The molecule has 0 fully saturated rings. The summed E-state index contributed by atoms with van der Waals surface area (Å²) in [7, 11) is 0. The van der Waals surface area contributed by atoms with E-state index in [0.29, 0.717) is 28.8 Å². The molecule has 5 heteroatoms. The summed E-state index contributed by atoms with van der Waals surface area (Å²) in [6, 6.07) is 24.0. The third-order valence-electron chi connectivity index (χ3n) is 4.20. The smallest absolute Gasteiger partial charge is 0.167 e. The molecule has 0 aliphatic heterocycles. The third kappa shape index (κ3) is 4.11. The van der Waals surface area contributed by atoms with E-state index in [0.717, 1.165) is 11.1 Å². The maximum Gasteiger partial charge on any atom is 0.167 e. The van der Waals surface area contributed by atoms with Crippen molar-refractivity contribution in [3.8, 4) is 70.0 Å². The van der Waals surface area contributed by atoms with Crippen molar-refractivity contribution in [2.75, 3.05) is 0 Å². The number of phenolic OH excluding ortho intramolecular Hbond substituents is 1. The molecule has 0 radical (unpaired) electrons. The van der Waals surface area contributed by atoms with E-state index in [-0.39, 0.29) is 14.3 Å². The molecule has 0 unspecified atom stereocenters. The number of aromatic nitrogens is 3. The van der Waals surface area contributed by atoms with Gasteiger partial charge in [0, 0.05) is 31.7 Å². The second-order valence-electron chi connectivity index (χ2n) is 6.19. The maximum atomic E-state index is 10.6. The highest BCUT2D eigenvalue weighted by Gasteiger charge is 2.15. The quantitative estimate of drug-likeness (QED) is 0.423. The van der Waals surface area contributed by atoms with Crippen molar-refractivity contribution in [2.24, 2.45) is 0 Å². The van der Waals surface area contributed by atoms with Crippen molar-refractivity contribution < 1.29 is 18.4 Å². The molecular weight excluding hydrogens is 374 g/mol. The van der Waals surface area contributed by atoms with Gasteiger partial charge in [-0.3, -0.25) is 0 Å². The van der Waals surface area contributed by atoms with Crippen molar-refractivity contribution in [1.29, 1.82) is 0 Å². The molecule has 0 spiro atoms. The number of aromatic hydroxyl groups is 1. The first-order valence-electron chi connectivity index (χ1n) is 9.07. The summed E-state index contributed by atoms with van der Waals surface area (Å²) in [5.41, 5.74) is 2.15. The highest BCUT2D eigenvalue weighted by atomic mass is 16.5. The minimum absolute atomic E-state index is 0. The Hall–Kier alpha value is -4.61. The largest absolute Gasteiger partial charge is 0.507 e. The van der Waals surface area contributed by atoms with Crippen molar-refractivity contribution in [3.05, 3.63) is 78.9 Å². The van der Waals surface area contributed by atoms with Crippen LogP contribution in [0.5, 0.6) is 11.5 Å². The van der Waals surface area contributed by atoms with Gasteiger partial charge in [-0.1, -0.05) is 60.7 Å². The van der Waals surface area contributed by atoms with Crippen LogP contribution in [-0.4, -0.2) is 20.1 Å². The van der Waals surface area contributed by atoms with E-state index in [1.165, 1.54) is 6.07 Å². The van der Waals surface area contributed by atoms with Gasteiger partial charge in [-0.15, -0.1) is 6.42 Å². The monoisotopic (exact) mass is 401 g/mol. The Kier molecular flexibility index (Phi) is 5.37. The first-order valence-corrected chi connectivity index (χ1v) is 9.07. The van der Waals surface area contributed by atoms with Gasteiger partial charge in [0.2, 0.25) is 0 Å². The van der Waals surface area contributed by atoms with Gasteiger partial charge in [0.15, 0.2) is 17.5 Å². The fraction of sp³-hybridized carbons (Fsp3) is 0. The number of hydrogen-bond acceptors (Lipinski definition) is 5. The Morgan fingerprint density at radius 1 is 0.767 bits per heavy atom. The van der Waals surface area contributed by atoms with E-state index in [1.807, 2.05) is 60.7 Å². The SMILES string of the molecule is C#CC#COc1ccc(-c2nc(-c3ccccc3)nc(-c3ccccc3)n2)c(O)c1.[HH].[HH].[HH].[HH].[HH].[HH]. The van der Waals surface area contributed by atoms with E-state index < -0.39 is 0 Å². The lowest BCUT2D eigenvalue weighted by atomic mass is 10.1. The Balaban J connectivity index is -0.00000181. The first kappa shape index (κ1) is 18.7. The third-order valence-corrected chi connectivity index (χ3v) is 4.20. The molecule has 5 nitrogen and oxygen atoms in total. The van der Waals surface area contributed by atoms with Crippen molar-refractivity contribution in [3.63, 3.8) is 0 Å². The number of rotatable bonds is 4. The zero-order valence-corrected chi connectivity index (χ0v) is 15.8. The normalized spacial score (nSPS) is 9.83. The van der Waals surface area contributed by atoms with Gasteiger partial charge >= 0.3 is 0 Å². The van der Waals surface area contributed by atoms with Gasteiger partial charge in [-0.05, 0) is 18.1 Å². The molecular formula is C25H27N3O2. The summed E-state index contributed by atoms with van der Waals surface area (Å²) < 4.78 is 5.19. The van der Waals surface area contributed by atoms with Gasteiger partial charge in [-0.25, -0.2) is 15.0 Å². The highest BCUT2D eigenvalue weighted by Crippen LogP contribution is 2.32. The van der Waals surface area contributed by atoms with Crippen LogP contribution >= 0.6 is 0 Å². The predicted molar refractivity (Wildman–Crippen MR) is 128 cm³/mol. The average Bonchev–Trinajstić information content (AvgIpc) is 2.80. The molecule has 0 atom stereocenters. The number of ether oxygens (including phenoxy) is 1. The Labute approximate surface area is 183 Å². The maximum absolute atomic E-state index is 10.6. The molecule has 154 valence electrons. The predicted octanol–water partition coefficient (Wildman–Crippen LogP) is 6.03. The van der Waals surface area contributed by atoms with E-state index in [4.69, 9.17) is 11.2 Å². The summed E-state index contributed by atoms with van der Waals surface area (Å²) >= 11 is 0.